The molecular formula is C19H23NO3S. The standard InChI is InChI=1S/C19H23NO3S/c1-13(2)17-12-16(9-10-19(17)23-4)24(21,22)20-14(3)11-15-7-5-6-8-18(15)20/h5-10,12-14H,11H2,1-4H3/t14-/m0/s1. The number of anilines is 1. The van der Waals surface area contributed by atoms with E-state index in [9.17, 15) is 8.42 Å². The molecule has 24 heavy (non-hydrogen) atoms. The predicted octanol–water partition coefficient (Wildman–Crippen LogP) is 3.96. The maximum absolute atomic E-state index is 13.3. The summed E-state index contributed by atoms with van der Waals surface area (Å²) in [7, 11) is -2.00. The summed E-state index contributed by atoms with van der Waals surface area (Å²) in [5.41, 5.74) is 2.76. The third kappa shape index (κ3) is 2.67. The minimum absolute atomic E-state index is 0.0861. The number of methoxy groups -OCH3 is 1. The van der Waals surface area contributed by atoms with Gasteiger partial charge in [0, 0.05) is 6.04 Å². The first kappa shape index (κ1) is 16.8. The largest absolute Gasteiger partial charge is 0.496 e. The molecule has 0 radical (unpaired) electrons. The first-order chi connectivity index (χ1) is 11.4. The zero-order valence-electron chi connectivity index (χ0n) is 14.5. The van der Waals surface area contributed by atoms with Gasteiger partial charge in [0.1, 0.15) is 5.75 Å². The van der Waals surface area contributed by atoms with E-state index in [0.717, 1.165) is 29.0 Å². The van der Waals surface area contributed by atoms with E-state index in [1.807, 2.05) is 45.0 Å². The quantitative estimate of drug-likeness (QED) is 0.843. The van der Waals surface area contributed by atoms with Crippen molar-refractivity contribution in [2.45, 2.75) is 44.0 Å². The van der Waals surface area contributed by atoms with Gasteiger partial charge in [0.15, 0.2) is 0 Å². The second-order valence-electron chi connectivity index (χ2n) is 6.54. The van der Waals surface area contributed by atoms with Crippen LogP contribution in [-0.4, -0.2) is 21.6 Å². The molecule has 0 N–H and O–H groups in total. The van der Waals surface area contributed by atoms with Crippen LogP contribution >= 0.6 is 0 Å². The molecule has 0 bridgehead atoms. The fraction of sp³-hybridized carbons (Fsp3) is 0.368. The Labute approximate surface area is 144 Å². The Hall–Kier alpha value is -2.01. The predicted molar refractivity (Wildman–Crippen MR) is 96.4 cm³/mol. The van der Waals surface area contributed by atoms with Gasteiger partial charge in [0.2, 0.25) is 0 Å². The van der Waals surface area contributed by atoms with Crippen LogP contribution in [0.25, 0.3) is 0 Å². The summed E-state index contributed by atoms with van der Waals surface area (Å²) in [6, 6.07) is 12.7. The van der Waals surface area contributed by atoms with E-state index in [0.29, 0.717) is 4.90 Å². The van der Waals surface area contributed by atoms with E-state index in [-0.39, 0.29) is 12.0 Å². The second kappa shape index (κ2) is 6.13. The normalized spacial score (nSPS) is 17.2. The Bertz CT molecular complexity index is 859. The maximum atomic E-state index is 13.3. The third-order valence-corrected chi connectivity index (χ3v) is 6.45. The lowest BCUT2D eigenvalue weighted by Crippen LogP contribution is -2.35. The highest BCUT2D eigenvalue weighted by Gasteiger charge is 2.36. The highest BCUT2D eigenvalue weighted by atomic mass is 32.2. The Balaban J connectivity index is 2.11. The molecular weight excluding hydrogens is 322 g/mol. The van der Waals surface area contributed by atoms with Gasteiger partial charge in [0.25, 0.3) is 10.0 Å². The molecule has 0 fully saturated rings. The van der Waals surface area contributed by atoms with Crippen molar-refractivity contribution >= 4 is 15.7 Å². The molecule has 4 nitrogen and oxygen atoms in total. The Morgan fingerprint density at radius 3 is 2.54 bits per heavy atom. The van der Waals surface area contributed by atoms with Crippen LogP contribution in [0.15, 0.2) is 47.4 Å². The highest BCUT2D eigenvalue weighted by molar-refractivity contribution is 7.92. The number of hydrogen-bond donors (Lipinski definition) is 0. The lowest BCUT2D eigenvalue weighted by Gasteiger charge is -2.25. The van der Waals surface area contributed by atoms with Crippen LogP contribution in [-0.2, 0) is 16.4 Å². The first-order valence-electron chi connectivity index (χ1n) is 8.16. The van der Waals surface area contributed by atoms with E-state index in [4.69, 9.17) is 4.74 Å². The molecule has 0 saturated carbocycles. The third-order valence-electron chi connectivity index (χ3n) is 4.52. The first-order valence-corrected chi connectivity index (χ1v) is 9.60. The van der Waals surface area contributed by atoms with Crippen LogP contribution < -0.4 is 9.04 Å². The van der Waals surface area contributed by atoms with Crippen molar-refractivity contribution < 1.29 is 13.2 Å². The zero-order valence-corrected chi connectivity index (χ0v) is 15.3. The van der Waals surface area contributed by atoms with Crippen molar-refractivity contribution in [3.63, 3.8) is 0 Å². The van der Waals surface area contributed by atoms with Crippen LogP contribution in [0.2, 0.25) is 0 Å². The van der Waals surface area contributed by atoms with E-state index in [1.165, 1.54) is 0 Å². The number of ether oxygens (including phenoxy) is 1. The highest BCUT2D eigenvalue weighted by Crippen LogP contribution is 2.38. The number of benzene rings is 2. The van der Waals surface area contributed by atoms with Gasteiger partial charge in [-0.1, -0.05) is 32.0 Å². The van der Waals surface area contributed by atoms with E-state index in [1.54, 1.807) is 29.6 Å². The smallest absolute Gasteiger partial charge is 0.264 e. The van der Waals surface area contributed by atoms with Crippen LogP contribution in [0.4, 0.5) is 5.69 Å². The van der Waals surface area contributed by atoms with Gasteiger partial charge in [-0.3, -0.25) is 4.31 Å². The van der Waals surface area contributed by atoms with Gasteiger partial charge in [-0.25, -0.2) is 8.42 Å². The summed E-state index contributed by atoms with van der Waals surface area (Å²) in [4.78, 5) is 0.315. The minimum atomic E-state index is -3.60. The van der Waals surface area contributed by atoms with Crippen LogP contribution in [0.5, 0.6) is 5.75 Å². The molecule has 0 aliphatic carbocycles. The minimum Gasteiger partial charge on any atom is -0.496 e. The van der Waals surface area contributed by atoms with Crippen molar-refractivity contribution in [3.05, 3.63) is 53.6 Å². The van der Waals surface area contributed by atoms with Crippen molar-refractivity contribution in [2.24, 2.45) is 0 Å². The summed E-state index contributed by atoms with van der Waals surface area (Å²) < 4.78 is 33.5. The Morgan fingerprint density at radius 1 is 1.17 bits per heavy atom. The molecule has 0 unspecified atom stereocenters. The van der Waals surface area contributed by atoms with E-state index in [2.05, 4.69) is 0 Å². The summed E-state index contributed by atoms with van der Waals surface area (Å²) in [6.07, 6.45) is 0.739. The van der Waals surface area contributed by atoms with Crippen LogP contribution in [0, 0.1) is 0 Å². The maximum Gasteiger partial charge on any atom is 0.264 e. The van der Waals surface area contributed by atoms with E-state index >= 15 is 0 Å². The number of sulfonamides is 1. The summed E-state index contributed by atoms with van der Waals surface area (Å²) in [6.45, 7) is 6.01. The monoisotopic (exact) mass is 345 g/mol. The molecule has 5 heteroatoms. The molecule has 1 atom stereocenters. The van der Waals surface area contributed by atoms with E-state index < -0.39 is 10.0 Å². The molecule has 0 aromatic heterocycles. The number of rotatable bonds is 4. The summed E-state index contributed by atoms with van der Waals surface area (Å²) in [5.74, 6) is 0.900. The average Bonchev–Trinajstić information content (AvgIpc) is 2.90. The molecule has 0 spiro atoms. The molecule has 0 saturated heterocycles. The van der Waals surface area contributed by atoms with Gasteiger partial charge < -0.3 is 4.74 Å². The SMILES string of the molecule is COc1ccc(S(=O)(=O)N2c3ccccc3C[C@@H]2C)cc1C(C)C. The number of nitrogens with zero attached hydrogens (tertiary/aromatic N) is 1. The molecule has 1 aliphatic rings. The number of hydrogen-bond acceptors (Lipinski definition) is 3. The average molecular weight is 345 g/mol. The van der Waals surface area contributed by atoms with Gasteiger partial charge in [-0.05, 0) is 54.7 Å². The van der Waals surface area contributed by atoms with Crippen LogP contribution in [0.3, 0.4) is 0 Å². The van der Waals surface area contributed by atoms with Crippen molar-refractivity contribution in [2.75, 3.05) is 11.4 Å². The fourth-order valence-electron chi connectivity index (χ4n) is 3.34. The molecule has 2 aromatic rings. The fourth-order valence-corrected chi connectivity index (χ4v) is 5.07. The topological polar surface area (TPSA) is 46.6 Å². The summed E-state index contributed by atoms with van der Waals surface area (Å²) in [5, 5.41) is 0. The van der Waals surface area contributed by atoms with Gasteiger partial charge in [-0.2, -0.15) is 0 Å². The van der Waals surface area contributed by atoms with Crippen molar-refractivity contribution in [1.29, 1.82) is 0 Å². The number of para-hydroxylation sites is 1. The van der Waals surface area contributed by atoms with Gasteiger partial charge in [-0.15, -0.1) is 0 Å². The molecule has 1 heterocycles. The van der Waals surface area contributed by atoms with Crippen molar-refractivity contribution in [1.82, 2.24) is 0 Å². The summed E-state index contributed by atoms with van der Waals surface area (Å²) >= 11 is 0. The van der Waals surface area contributed by atoms with Gasteiger partial charge in [0.05, 0.1) is 17.7 Å². The molecule has 2 aromatic carbocycles. The molecule has 128 valence electrons. The Morgan fingerprint density at radius 2 is 1.88 bits per heavy atom. The second-order valence-corrected chi connectivity index (χ2v) is 8.36. The lowest BCUT2D eigenvalue weighted by atomic mass is 10.0. The Kier molecular flexibility index (Phi) is 4.30. The molecule has 0 amide bonds. The molecule has 1 aliphatic heterocycles. The van der Waals surface area contributed by atoms with Crippen LogP contribution in [0.1, 0.15) is 37.8 Å². The lowest BCUT2D eigenvalue weighted by molar-refractivity contribution is 0.407. The van der Waals surface area contributed by atoms with Crippen molar-refractivity contribution in [3.8, 4) is 5.75 Å². The van der Waals surface area contributed by atoms with Gasteiger partial charge >= 0.3 is 0 Å². The zero-order chi connectivity index (χ0) is 17.5. The number of fused-ring (bicyclic) bond motifs is 1. The molecule has 3 rings (SSSR count).